The molecule has 0 fully saturated rings. The van der Waals surface area contributed by atoms with E-state index in [0.717, 1.165) is 16.7 Å². The van der Waals surface area contributed by atoms with Crippen molar-refractivity contribution in [2.45, 2.75) is 13.5 Å². The Hall–Kier alpha value is -4.06. The number of aryl methyl sites for hydroxylation is 1. The molecule has 0 saturated carbocycles. The van der Waals surface area contributed by atoms with E-state index in [1.165, 1.54) is 6.07 Å². The van der Waals surface area contributed by atoms with E-state index in [1.54, 1.807) is 30.3 Å². The third-order valence-corrected chi connectivity index (χ3v) is 4.80. The smallest absolute Gasteiger partial charge is 0.342 e. The van der Waals surface area contributed by atoms with E-state index in [9.17, 15) is 9.59 Å². The van der Waals surface area contributed by atoms with Crippen LogP contribution in [0.2, 0.25) is 0 Å². The van der Waals surface area contributed by atoms with Gasteiger partial charge in [-0.3, -0.25) is 0 Å². The first kappa shape index (κ1) is 21.2. The normalized spacial score (nSPS) is 10.7. The van der Waals surface area contributed by atoms with Crippen molar-refractivity contribution >= 4 is 16.9 Å². The number of hydrogen-bond donors (Lipinski definition) is 0. The average Bonchev–Trinajstić information content (AvgIpc) is 2.80. The van der Waals surface area contributed by atoms with E-state index in [1.807, 2.05) is 49.4 Å². The highest BCUT2D eigenvalue weighted by Crippen LogP contribution is 2.22. The number of rotatable bonds is 8. The van der Waals surface area contributed by atoms with Gasteiger partial charge in [0.2, 0.25) is 0 Å². The van der Waals surface area contributed by atoms with Crippen molar-refractivity contribution in [2.75, 3.05) is 13.2 Å². The maximum absolute atomic E-state index is 12.7. The van der Waals surface area contributed by atoms with Gasteiger partial charge in [0.25, 0.3) is 0 Å². The molecule has 3 aromatic carbocycles. The number of hydrogen-bond acceptors (Lipinski definition) is 6. The first-order valence-electron chi connectivity index (χ1n) is 10.2. The van der Waals surface area contributed by atoms with Crippen LogP contribution in [0, 0.1) is 6.92 Å². The molecule has 0 aliphatic carbocycles. The number of carbonyl (C=O) groups excluding carboxylic acids is 1. The van der Waals surface area contributed by atoms with Crippen LogP contribution < -0.4 is 15.1 Å². The lowest BCUT2D eigenvalue weighted by molar-refractivity contribution is 0.0468. The Morgan fingerprint density at radius 3 is 2.47 bits per heavy atom. The van der Waals surface area contributed by atoms with Gasteiger partial charge in [-0.05, 0) is 42.8 Å². The van der Waals surface area contributed by atoms with E-state index in [4.69, 9.17) is 18.6 Å². The molecule has 4 rings (SSSR count). The molecule has 0 unspecified atom stereocenters. The fourth-order valence-corrected chi connectivity index (χ4v) is 3.27. The van der Waals surface area contributed by atoms with Gasteiger partial charge in [-0.2, -0.15) is 0 Å². The summed E-state index contributed by atoms with van der Waals surface area (Å²) < 4.78 is 22.1. The lowest BCUT2D eigenvalue weighted by atomic mass is 10.1. The maximum atomic E-state index is 12.7. The fourth-order valence-electron chi connectivity index (χ4n) is 3.27. The molecule has 0 bridgehead atoms. The number of esters is 1. The van der Waals surface area contributed by atoms with Crippen LogP contribution in [0.4, 0.5) is 0 Å². The van der Waals surface area contributed by atoms with Crippen molar-refractivity contribution in [1.29, 1.82) is 0 Å². The van der Waals surface area contributed by atoms with Crippen LogP contribution >= 0.6 is 0 Å². The van der Waals surface area contributed by atoms with E-state index >= 15 is 0 Å². The average molecular weight is 430 g/mol. The Morgan fingerprint density at radius 2 is 1.62 bits per heavy atom. The van der Waals surface area contributed by atoms with E-state index in [2.05, 4.69) is 0 Å². The van der Waals surface area contributed by atoms with Crippen LogP contribution in [-0.2, 0) is 11.3 Å². The topological polar surface area (TPSA) is 75.0 Å². The van der Waals surface area contributed by atoms with Gasteiger partial charge in [-0.1, -0.05) is 42.5 Å². The van der Waals surface area contributed by atoms with Crippen LogP contribution in [0.1, 0.15) is 21.5 Å². The van der Waals surface area contributed by atoms with Gasteiger partial charge >= 0.3 is 11.6 Å². The summed E-state index contributed by atoms with van der Waals surface area (Å²) in [6.07, 6.45) is 0. The molecule has 162 valence electrons. The fraction of sp³-hybridized carbons (Fsp3) is 0.154. The number of para-hydroxylation sites is 2. The molecule has 0 aliphatic rings. The summed E-state index contributed by atoms with van der Waals surface area (Å²) in [5, 5.41) is 0.727. The predicted molar refractivity (Wildman–Crippen MR) is 120 cm³/mol. The highest BCUT2D eigenvalue weighted by Gasteiger charge is 2.15. The molecule has 1 aromatic heterocycles. The second-order valence-electron chi connectivity index (χ2n) is 7.17. The van der Waals surface area contributed by atoms with E-state index in [0.29, 0.717) is 29.1 Å². The SMILES string of the molecule is Cc1ccc2c(COC(=O)c3ccccc3OCCOc3ccccc3)cc(=O)oc2c1. The molecule has 0 radical (unpaired) electrons. The number of ether oxygens (including phenoxy) is 3. The number of fused-ring (bicyclic) bond motifs is 1. The summed E-state index contributed by atoms with van der Waals surface area (Å²) in [5.41, 5.74) is 1.83. The van der Waals surface area contributed by atoms with E-state index < -0.39 is 11.6 Å². The van der Waals surface area contributed by atoms with Gasteiger partial charge in [0.15, 0.2) is 0 Å². The molecular weight excluding hydrogens is 408 g/mol. The van der Waals surface area contributed by atoms with Crippen LogP contribution in [0.5, 0.6) is 11.5 Å². The van der Waals surface area contributed by atoms with Gasteiger partial charge < -0.3 is 18.6 Å². The number of carbonyl (C=O) groups is 1. The van der Waals surface area contributed by atoms with Crippen molar-refractivity contribution in [3.05, 3.63) is 106 Å². The summed E-state index contributed by atoms with van der Waals surface area (Å²) in [7, 11) is 0. The second-order valence-corrected chi connectivity index (χ2v) is 7.17. The van der Waals surface area contributed by atoms with E-state index in [-0.39, 0.29) is 13.2 Å². The standard InChI is InChI=1S/C26H22O6/c1-18-11-12-21-19(16-25(27)32-24(21)15-18)17-31-26(28)22-9-5-6-10-23(22)30-14-13-29-20-7-3-2-4-8-20/h2-12,15-16H,13-14,17H2,1H3. The van der Waals surface area contributed by atoms with Crippen LogP contribution in [0.25, 0.3) is 11.0 Å². The van der Waals surface area contributed by atoms with Crippen LogP contribution in [0.15, 0.2) is 88.1 Å². The molecule has 0 aliphatic heterocycles. The van der Waals surface area contributed by atoms with Crippen LogP contribution in [0.3, 0.4) is 0 Å². The molecule has 0 atom stereocenters. The predicted octanol–water partition coefficient (Wildman–Crippen LogP) is 4.92. The maximum Gasteiger partial charge on any atom is 0.342 e. The largest absolute Gasteiger partial charge is 0.490 e. The van der Waals surface area contributed by atoms with Crippen molar-refractivity contribution in [2.24, 2.45) is 0 Å². The summed E-state index contributed by atoms with van der Waals surface area (Å²) in [6, 6.07) is 23.2. The van der Waals surface area contributed by atoms with Crippen LogP contribution in [-0.4, -0.2) is 19.2 Å². The summed E-state index contributed by atoms with van der Waals surface area (Å²) in [5.74, 6) is 0.610. The molecule has 4 aromatic rings. The van der Waals surface area contributed by atoms with Crippen molar-refractivity contribution in [3.63, 3.8) is 0 Å². The zero-order valence-electron chi connectivity index (χ0n) is 17.6. The Kier molecular flexibility index (Phi) is 6.51. The van der Waals surface area contributed by atoms with Gasteiger partial charge in [0.1, 0.15) is 42.5 Å². The third-order valence-electron chi connectivity index (χ3n) is 4.80. The van der Waals surface area contributed by atoms with Crippen molar-refractivity contribution in [1.82, 2.24) is 0 Å². The summed E-state index contributed by atoms with van der Waals surface area (Å²) in [4.78, 5) is 24.6. The van der Waals surface area contributed by atoms with Gasteiger partial charge in [-0.25, -0.2) is 9.59 Å². The van der Waals surface area contributed by atoms with Gasteiger partial charge in [0.05, 0.1) is 0 Å². The molecule has 32 heavy (non-hydrogen) atoms. The molecule has 0 amide bonds. The molecular formula is C26H22O6. The Morgan fingerprint density at radius 1 is 0.875 bits per heavy atom. The molecule has 6 heteroatoms. The minimum Gasteiger partial charge on any atom is -0.490 e. The Labute approximate surface area is 185 Å². The van der Waals surface area contributed by atoms with Gasteiger partial charge in [0, 0.05) is 17.0 Å². The summed E-state index contributed by atoms with van der Waals surface area (Å²) >= 11 is 0. The lowest BCUT2D eigenvalue weighted by Crippen LogP contribution is -2.13. The number of benzene rings is 3. The molecule has 0 N–H and O–H groups in total. The molecule has 1 heterocycles. The molecule has 0 saturated heterocycles. The quantitative estimate of drug-likeness (QED) is 0.224. The molecule has 0 spiro atoms. The molecule has 6 nitrogen and oxygen atoms in total. The summed E-state index contributed by atoms with van der Waals surface area (Å²) in [6.45, 7) is 2.45. The zero-order valence-corrected chi connectivity index (χ0v) is 17.6. The zero-order chi connectivity index (χ0) is 22.3. The Bertz CT molecular complexity index is 1280. The third kappa shape index (κ3) is 5.16. The van der Waals surface area contributed by atoms with Crippen molar-refractivity contribution in [3.8, 4) is 11.5 Å². The van der Waals surface area contributed by atoms with Gasteiger partial charge in [-0.15, -0.1) is 0 Å². The van der Waals surface area contributed by atoms with Crippen molar-refractivity contribution < 1.29 is 23.4 Å². The second kappa shape index (κ2) is 9.83. The monoisotopic (exact) mass is 430 g/mol. The first-order chi connectivity index (χ1) is 15.6. The minimum absolute atomic E-state index is 0.0601. The minimum atomic E-state index is -0.543. The first-order valence-corrected chi connectivity index (χ1v) is 10.2. The lowest BCUT2D eigenvalue weighted by Gasteiger charge is -2.12. The highest BCUT2D eigenvalue weighted by molar-refractivity contribution is 5.92. The Balaban J connectivity index is 1.41. The highest BCUT2D eigenvalue weighted by atomic mass is 16.5.